The minimum absolute atomic E-state index is 0.420. The van der Waals surface area contributed by atoms with Crippen LogP contribution in [0.25, 0.3) is 0 Å². The lowest BCUT2D eigenvalue weighted by Crippen LogP contribution is -2.53. The Kier molecular flexibility index (Phi) is 3.75. The molecule has 0 N–H and O–H groups in total. The molecule has 1 aromatic rings. The second-order valence-electron chi connectivity index (χ2n) is 7.00. The number of rotatable bonds is 3. The van der Waals surface area contributed by atoms with Crippen molar-refractivity contribution >= 4 is 10.0 Å². The van der Waals surface area contributed by atoms with Gasteiger partial charge in [-0.25, -0.2) is 8.42 Å². The fraction of sp³-hybridized carbons (Fsp3) is 0.647. The Bertz CT molecular complexity index is 623. The third-order valence-corrected chi connectivity index (χ3v) is 7.74. The Balaban J connectivity index is 1.42. The minimum atomic E-state index is -3.31. The highest BCUT2D eigenvalue weighted by molar-refractivity contribution is 7.89. The summed E-state index contributed by atoms with van der Waals surface area (Å²) >= 11 is 0. The van der Waals surface area contributed by atoms with E-state index in [1.165, 1.54) is 25.7 Å². The molecule has 2 bridgehead atoms. The fourth-order valence-corrected chi connectivity index (χ4v) is 6.12. The van der Waals surface area contributed by atoms with Crippen LogP contribution in [0.1, 0.15) is 25.7 Å². The van der Waals surface area contributed by atoms with Crippen LogP contribution < -0.4 is 0 Å². The standard InChI is InChI=1S/C17H24N2O2S/c20-22(21,16-4-2-1-3-5-16)19-10-8-18(9-11-19)17-13-14-6-7-15(17)12-14/h1-5,14-15,17H,6-13H2/t14-,15-,17+/m1/s1. The van der Waals surface area contributed by atoms with E-state index in [2.05, 4.69) is 4.90 Å². The minimum Gasteiger partial charge on any atom is -0.297 e. The van der Waals surface area contributed by atoms with Gasteiger partial charge in [-0.15, -0.1) is 0 Å². The maximum atomic E-state index is 12.7. The van der Waals surface area contributed by atoms with Crippen molar-refractivity contribution in [3.05, 3.63) is 30.3 Å². The van der Waals surface area contributed by atoms with Crippen LogP contribution in [-0.4, -0.2) is 49.8 Å². The van der Waals surface area contributed by atoms with E-state index in [0.717, 1.165) is 31.0 Å². The van der Waals surface area contributed by atoms with Gasteiger partial charge in [0.1, 0.15) is 0 Å². The number of piperazine rings is 1. The van der Waals surface area contributed by atoms with Gasteiger partial charge < -0.3 is 0 Å². The molecule has 1 aromatic carbocycles. The monoisotopic (exact) mass is 320 g/mol. The Morgan fingerprint density at radius 1 is 0.909 bits per heavy atom. The average Bonchev–Trinajstić information content (AvgIpc) is 3.19. The lowest BCUT2D eigenvalue weighted by atomic mass is 9.93. The first-order valence-electron chi connectivity index (χ1n) is 8.44. The lowest BCUT2D eigenvalue weighted by Gasteiger charge is -2.40. The predicted octanol–water partition coefficient (Wildman–Crippen LogP) is 2.18. The molecule has 1 aliphatic heterocycles. The summed E-state index contributed by atoms with van der Waals surface area (Å²) in [6, 6.07) is 9.54. The fourth-order valence-electron chi connectivity index (χ4n) is 4.68. The second kappa shape index (κ2) is 5.62. The molecule has 2 aliphatic carbocycles. The highest BCUT2D eigenvalue weighted by atomic mass is 32.2. The van der Waals surface area contributed by atoms with E-state index >= 15 is 0 Å². The first-order chi connectivity index (χ1) is 10.6. The van der Waals surface area contributed by atoms with E-state index in [1.54, 1.807) is 28.6 Å². The van der Waals surface area contributed by atoms with Crippen LogP contribution in [0.5, 0.6) is 0 Å². The zero-order chi connectivity index (χ0) is 15.2. The van der Waals surface area contributed by atoms with Gasteiger partial charge in [-0.05, 0) is 43.2 Å². The molecule has 120 valence electrons. The third kappa shape index (κ3) is 2.49. The summed E-state index contributed by atoms with van der Waals surface area (Å²) in [7, 11) is -3.31. The van der Waals surface area contributed by atoms with E-state index in [-0.39, 0.29) is 0 Å². The van der Waals surface area contributed by atoms with Gasteiger partial charge in [0.05, 0.1) is 4.90 Å². The zero-order valence-electron chi connectivity index (χ0n) is 12.9. The molecule has 3 fully saturated rings. The summed E-state index contributed by atoms with van der Waals surface area (Å²) in [5.41, 5.74) is 0. The van der Waals surface area contributed by atoms with Gasteiger partial charge >= 0.3 is 0 Å². The molecule has 4 nitrogen and oxygen atoms in total. The van der Waals surface area contributed by atoms with Gasteiger partial charge in [-0.3, -0.25) is 4.90 Å². The van der Waals surface area contributed by atoms with E-state index < -0.39 is 10.0 Å². The molecule has 2 saturated carbocycles. The molecule has 1 heterocycles. The predicted molar refractivity (Wildman–Crippen MR) is 86.0 cm³/mol. The molecule has 0 unspecified atom stereocenters. The summed E-state index contributed by atoms with van der Waals surface area (Å²) < 4.78 is 27.0. The van der Waals surface area contributed by atoms with Crippen molar-refractivity contribution in [2.24, 2.45) is 11.8 Å². The highest BCUT2D eigenvalue weighted by Crippen LogP contribution is 2.46. The van der Waals surface area contributed by atoms with E-state index in [0.29, 0.717) is 18.0 Å². The molecule has 0 radical (unpaired) electrons. The Hall–Kier alpha value is -0.910. The lowest BCUT2D eigenvalue weighted by molar-refractivity contribution is 0.101. The van der Waals surface area contributed by atoms with Crippen LogP contribution >= 0.6 is 0 Å². The summed E-state index contributed by atoms with van der Waals surface area (Å²) in [5.74, 6) is 1.82. The van der Waals surface area contributed by atoms with E-state index in [4.69, 9.17) is 0 Å². The summed E-state index contributed by atoms with van der Waals surface area (Å²) in [4.78, 5) is 2.98. The van der Waals surface area contributed by atoms with Crippen LogP contribution in [-0.2, 0) is 10.0 Å². The number of hydrogen-bond acceptors (Lipinski definition) is 3. The van der Waals surface area contributed by atoms with Crippen molar-refractivity contribution < 1.29 is 8.42 Å². The van der Waals surface area contributed by atoms with Gasteiger partial charge in [0.15, 0.2) is 0 Å². The molecule has 0 aromatic heterocycles. The molecule has 3 aliphatic rings. The van der Waals surface area contributed by atoms with Crippen LogP contribution in [0.15, 0.2) is 35.2 Å². The van der Waals surface area contributed by atoms with Crippen LogP contribution in [0, 0.1) is 11.8 Å². The molecule has 3 atom stereocenters. The number of nitrogens with zero attached hydrogens (tertiary/aromatic N) is 2. The quantitative estimate of drug-likeness (QED) is 0.857. The van der Waals surface area contributed by atoms with Gasteiger partial charge in [0.25, 0.3) is 0 Å². The van der Waals surface area contributed by atoms with Crippen LogP contribution in [0.3, 0.4) is 0 Å². The number of sulfonamides is 1. The maximum absolute atomic E-state index is 12.7. The third-order valence-electron chi connectivity index (χ3n) is 5.82. The van der Waals surface area contributed by atoms with Crippen molar-refractivity contribution in [1.29, 1.82) is 0 Å². The van der Waals surface area contributed by atoms with E-state index in [1.807, 2.05) is 6.07 Å². The van der Waals surface area contributed by atoms with Crippen molar-refractivity contribution in [3.8, 4) is 0 Å². The zero-order valence-corrected chi connectivity index (χ0v) is 13.7. The molecule has 0 spiro atoms. The topological polar surface area (TPSA) is 40.6 Å². The molecule has 4 rings (SSSR count). The smallest absolute Gasteiger partial charge is 0.243 e. The summed E-state index contributed by atoms with van der Waals surface area (Å²) in [6.45, 7) is 3.04. The first-order valence-corrected chi connectivity index (χ1v) is 9.88. The SMILES string of the molecule is O=S(=O)(c1ccccc1)N1CCN([C@H]2C[C@@H]3CC[C@@H]2C3)CC1. The van der Waals surface area contributed by atoms with Gasteiger partial charge in [0, 0.05) is 32.2 Å². The van der Waals surface area contributed by atoms with Gasteiger partial charge in [-0.2, -0.15) is 4.31 Å². The average molecular weight is 320 g/mol. The van der Waals surface area contributed by atoms with Crippen molar-refractivity contribution in [3.63, 3.8) is 0 Å². The summed E-state index contributed by atoms with van der Waals surface area (Å²) in [6.07, 6.45) is 5.56. The first kappa shape index (κ1) is 14.7. The van der Waals surface area contributed by atoms with Crippen molar-refractivity contribution in [2.75, 3.05) is 26.2 Å². The number of hydrogen-bond donors (Lipinski definition) is 0. The molecule has 1 saturated heterocycles. The van der Waals surface area contributed by atoms with Crippen LogP contribution in [0.2, 0.25) is 0 Å². The van der Waals surface area contributed by atoms with Gasteiger partial charge in [-0.1, -0.05) is 24.6 Å². The number of benzene rings is 1. The largest absolute Gasteiger partial charge is 0.297 e. The van der Waals surface area contributed by atoms with Crippen molar-refractivity contribution in [1.82, 2.24) is 9.21 Å². The number of fused-ring (bicyclic) bond motifs is 2. The Morgan fingerprint density at radius 3 is 2.23 bits per heavy atom. The molecule has 0 amide bonds. The molecular weight excluding hydrogens is 296 g/mol. The van der Waals surface area contributed by atoms with Crippen molar-refractivity contribution in [2.45, 2.75) is 36.6 Å². The molecule has 5 heteroatoms. The maximum Gasteiger partial charge on any atom is 0.243 e. The highest BCUT2D eigenvalue weighted by Gasteiger charge is 2.43. The van der Waals surface area contributed by atoms with Gasteiger partial charge in [0.2, 0.25) is 10.0 Å². The van der Waals surface area contributed by atoms with E-state index in [9.17, 15) is 8.42 Å². The molecule has 22 heavy (non-hydrogen) atoms. The Morgan fingerprint density at radius 2 is 1.64 bits per heavy atom. The molecular formula is C17H24N2O2S. The van der Waals surface area contributed by atoms with Crippen LogP contribution in [0.4, 0.5) is 0 Å². The summed E-state index contributed by atoms with van der Waals surface area (Å²) in [5, 5.41) is 0. The Labute approximate surface area is 133 Å². The normalized spacial score (nSPS) is 33.4. The second-order valence-corrected chi connectivity index (χ2v) is 8.93.